The van der Waals surface area contributed by atoms with Crippen LogP contribution in [0, 0.1) is 20.8 Å². The highest BCUT2D eigenvalue weighted by Crippen LogP contribution is 2.33. The lowest BCUT2D eigenvalue weighted by Crippen LogP contribution is -2.35. The Labute approximate surface area is 169 Å². The van der Waals surface area contributed by atoms with Crippen molar-refractivity contribution in [1.29, 1.82) is 0 Å². The summed E-state index contributed by atoms with van der Waals surface area (Å²) in [7, 11) is 1.54. The van der Waals surface area contributed by atoms with Gasteiger partial charge < -0.3 is 10.1 Å². The quantitative estimate of drug-likeness (QED) is 0.744. The first kappa shape index (κ1) is 20.1. The average Bonchev–Trinajstić information content (AvgIpc) is 2.87. The molecular formula is C22H23ClN2O3. The van der Waals surface area contributed by atoms with Crippen molar-refractivity contribution < 1.29 is 14.3 Å². The van der Waals surface area contributed by atoms with Crippen molar-refractivity contribution in [3.8, 4) is 0 Å². The molecule has 0 unspecified atom stereocenters. The predicted molar refractivity (Wildman–Crippen MR) is 111 cm³/mol. The summed E-state index contributed by atoms with van der Waals surface area (Å²) >= 11 is 6.22. The highest BCUT2D eigenvalue weighted by molar-refractivity contribution is 6.37. The molecule has 6 heteroatoms. The molecule has 1 aliphatic rings. The van der Waals surface area contributed by atoms with Gasteiger partial charge in [0.2, 0.25) is 0 Å². The number of nitrogens with one attached hydrogen (secondary N) is 1. The highest BCUT2D eigenvalue weighted by Gasteiger charge is 2.39. The molecule has 1 aliphatic heterocycles. The fourth-order valence-corrected chi connectivity index (χ4v) is 3.42. The Morgan fingerprint density at radius 2 is 1.75 bits per heavy atom. The maximum absolute atomic E-state index is 13.1. The van der Waals surface area contributed by atoms with Gasteiger partial charge in [-0.3, -0.25) is 14.5 Å². The van der Waals surface area contributed by atoms with Crippen LogP contribution in [0.4, 0.5) is 5.69 Å². The van der Waals surface area contributed by atoms with Gasteiger partial charge >= 0.3 is 0 Å². The molecule has 146 valence electrons. The summed E-state index contributed by atoms with van der Waals surface area (Å²) in [5.74, 6) is -0.691. The second kappa shape index (κ2) is 8.17. The van der Waals surface area contributed by atoms with Gasteiger partial charge in [0.25, 0.3) is 11.8 Å². The molecule has 28 heavy (non-hydrogen) atoms. The third-order valence-electron chi connectivity index (χ3n) is 4.78. The molecule has 2 aromatic rings. The Kier molecular flexibility index (Phi) is 5.87. The zero-order chi connectivity index (χ0) is 20.4. The minimum Gasteiger partial charge on any atom is -0.383 e. The molecule has 0 saturated heterocycles. The number of rotatable bonds is 6. The van der Waals surface area contributed by atoms with Crippen molar-refractivity contribution >= 4 is 34.7 Å². The van der Waals surface area contributed by atoms with E-state index < -0.39 is 0 Å². The van der Waals surface area contributed by atoms with Gasteiger partial charge in [-0.15, -0.1) is 0 Å². The van der Waals surface area contributed by atoms with E-state index in [1.807, 2.05) is 51.1 Å². The molecule has 1 heterocycles. The van der Waals surface area contributed by atoms with Gasteiger partial charge in [0.05, 0.1) is 18.7 Å². The number of benzene rings is 2. The summed E-state index contributed by atoms with van der Waals surface area (Å²) in [5, 5.41) is 3.72. The van der Waals surface area contributed by atoms with Gasteiger partial charge in [0, 0.05) is 17.8 Å². The molecule has 2 aromatic carbocycles. The van der Waals surface area contributed by atoms with E-state index in [1.54, 1.807) is 6.07 Å². The molecule has 1 N–H and O–H groups in total. The lowest BCUT2D eigenvalue weighted by molar-refractivity contribution is -0.137. The van der Waals surface area contributed by atoms with Gasteiger partial charge in [-0.1, -0.05) is 41.4 Å². The molecule has 0 saturated carbocycles. The SMILES string of the molecule is COCCN1C(=O)C(Nc2ccc(C)c(Cl)c2)=C(c2ccc(C)cc2C)C1=O. The maximum Gasteiger partial charge on any atom is 0.278 e. The van der Waals surface area contributed by atoms with Crippen LogP contribution in [0.15, 0.2) is 42.1 Å². The number of anilines is 1. The average molecular weight is 399 g/mol. The molecule has 0 fully saturated rings. The van der Waals surface area contributed by atoms with Crippen molar-refractivity contribution in [3.63, 3.8) is 0 Å². The van der Waals surface area contributed by atoms with Crippen LogP contribution in [0.3, 0.4) is 0 Å². The summed E-state index contributed by atoms with van der Waals surface area (Å²) in [5.41, 5.74) is 4.99. The molecule has 0 bridgehead atoms. The molecular weight excluding hydrogens is 376 g/mol. The normalized spacial score (nSPS) is 14.2. The van der Waals surface area contributed by atoms with Crippen LogP contribution in [0.25, 0.3) is 5.57 Å². The Bertz CT molecular complexity index is 982. The molecule has 2 amide bonds. The zero-order valence-corrected chi connectivity index (χ0v) is 17.2. The second-order valence-corrected chi connectivity index (χ2v) is 7.32. The van der Waals surface area contributed by atoms with E-state index in [-0.39, 0.29) is 30.7 Å². The van der Waals surface area contributed by atoms with E-state index in [2.05, 4.69) is 5.32 Å². The number of halogens is 1. The van der Waals surface area contributed by atoms with Crippen molar-refractivity contribution in [2.75, 3.05) is 25.6 Å². The number of carbonyl (C=O) groups is 2. The number of aryl methyl sites for hydroxylation is 3. The lowest BCUT2D eigenvalue weighted by Gasteiger charge is -2.14. The molecule has 0 aromatic heterocycles. The summed E-state index contributed by atoms with van der Waals surface area (Å²) in [6.45, 7) is 6.31. The van der Waals surface area contributed by atoms with Crippen molar-refractivity contribution in [2.45, 2.75) is 20.8 Å². The number of hydrogen-bond donors (Lipinski definition) is 1. The van der Waals surface area contributed by atoms with Crippen molar-refractivity contribution in [3.05, 3.63) is 69.4 Å². The van der Waals surface area contributed by atoms with Gasteiger partial charge in [0.1, 0.15) is 5.70 Å². The molecule has 0 atom stereocenters. The zero-order valence-electron chi connectivity index (χ0n) is 16.4. The lowest BCUT2D eigenvalue weighted by atomic mass is 9.97. The second-order valence-electron chi connectivity index (χ2n) is 6.91. The third-order valence-corrected chi connectivity index (χ3v) is 5.19. The number of carbonyl (C=O) groups excluding carboxylic acids is 2. The summed E-state index contributed by atoms with van der Waals surface area (Å²) in [6, 6.07) is 11.3. The standard InChI is InChI=1S/C22H23ClN2O3/c1-13-5-8-17(15(3)11-13)19-20(22(27)25(21(19)26)9-10-28-4)24-16-7-6-14(2)18(23)12-16/h5-8,11-12,24H,9-10H2,1-4H3. The largest absolute Gasteiger partial charge is 0.383 e. The number of imide groups is 1. The molecule has 5 nitrogen and oxygen atoms in total. The Balaban J connectivity index is 2.09. The van der Waals surface area contributed by atoms with Crippen LogP contribution in [0.5, 0.6) is 0 Å². The van der Waals surface area contributed by atoms with Gasteiger partial charge in [-0.25, -0.2) is 0 Å². The number of amides is 2. The topological polar surface area (TPSA) is 58.6 Å². The minimum absolute atomic E-state index is 0.197. The first-order chi connectivity index (χ1) is 13.3. The third kappa shape index (κ3) is 3.81. The molecule has 0 aliphatic carbocycles. The maximum atomic E-state index is 13.1. The first-order valence-corrected chi connectivity index (χ1v) is 9.41. The summed E-state index contributed by atoms with van der Waals surface area (Å²) in [4.78, 5) is 27.4. The number of hydrogen-bond acceptors (Lipinski definition) is 4. The first-order valence-electron chi connectivity index (χ1n) is 9.03. The fourth-order valence-electron chi connectivity index (χ4n) is 3.24. The van der Waals surface area contributed by atoms with E-state index in [9.17, 15) is 9.59 Å². The molecule has 0 spiro atoms. The Morgan fingerprint density at radius 3 is 2.39 bits per heavy atom. The minimum atomic E-state index is -0.367. The van der Waals surface area contributed by atoms with Crippen LogP contribution < -0.4 is 5.32 Å². The molecule has 3 rings (SSSR count). The van der Waals surface area contributed by atoms with Crippen LogP contribution >= 0.6 is 11.6 Å². The van der Waals surface area contributed by atoms with Crippen LogP contribution in [-0.4, -0.2) is 37.0 Å². The van der Waals surface area contributed by atoms with E-state index in [0.717, 1.165) is 22.3 Å². The smallest absolute Gasteiger partial charge is 0.278 e. The highest BCUT2D eigenvalue weighted by atomic mass is 35.5. The summed E-state index contributed by atoms with van der Waals surface area (Å²) in [6.07, 6.45) is 0. The molecule has 0 radical (unpaired) electrons. The monoisotopic (exact) mass is 398 g/mol. The van der Waals surface area contributed by atoms with E-state index >= 15 is 0 Å². The van der Waals surface area contributed by atoms with E-state index in [0.29, 0.717) is 16.3 Å². The Hall–Kier alpha value is -2.63. The van der Waals surface area contributed by atoms with Gasteiger partial charge in [-0.05, 0) is 49.6 Å². The fraction of sp³-hybridized carbons (Fsp3) is 0.273. The van der Waals surface area contributed by atoms with Crippen LogP contribution in [-0.2, 0) is 14.3 Å². The number of nitrogens with zero attached hydrogens (tertiary/aromatic N) is 1. The van der Waals surface area contributed by atoms with Gasteiger partial charge in [-0.2, -0.15) is 0 Å². The van der Waals surface area contributed by atoms with Gasteiger partial charge in [0.15, 0.2) is 0 Å². The number of ether oxygens (including phenoxy) is 1. The van der Waals surface area contributed by atoms with Crippen molar-refractivity contribution in [1.82, 2.24) is 4.90 Å². The van der Waals surface area contributed by atoms with E-state index in [4.69, 9.17) is 16.3 Å². The van der Waals surface area contributed by atoms with Crippen LogP contribution in [0.1, 0.15) is 22.3 Å². The Morgan fingerprint density at radius 1 is 1.00 bits per heavy atom. The number of methoxy groups -OCH3 is 1. The summed E-state index contributed by atoms with van der Waals surface area (Å²) < 4.78 is 5.06. The van der Waals surface area contributed by atoms with E-state index in [1.165, 1.54) is 12.0 Å². The predicted octanol–water partition coefficient (Wildman–Crippen LogP) is 4.10. The van der Waals surface area contributed by atoms with Crippen molar-refractivity contribution in [2.24, 2.45) is 0 Å². The van der Waals surface area contributed by atoms with Crippen LogP contribution in [0.2, 0.25) is 5.02 Å².